The van der Waals surface area contributed by atoms with Gasteiger partial charge in [0.15, 0.2) is 0 Å². The first-order valence-corrected chi connectivity index (χ1v) is 3.40. The average molecular weight is 148 g/mol. The monoisotopic (exact) mass is 148 g/mol. The van der Waals surface area contributed by atoms with Gasteiger partial charge in [-0.1, -0.05) is 12.2 Å². The minimum absolute atomic E-state index is 0.293. The predicted molar refractivity (Wildman–Crippen MR) is 43.6 cm³/mol. The van der Waals surface area contributed by atoms with Crippen molar-refractivity contribution < 1.29 is 9.84 Å². The minimum atomic E-state index is 0.293. The van der Waals surface area contributed by atoms with Crippen LogP contribution in [0.5, 0.6) is 11.5 Å². The second kappa shape index (κ2) is 2.02. The number of ether oxygens (including phenoxy) is 1. The number of benzene rings is 1. The molecule has 1 aliphatic rings. The molecule has 0 unspecified atom stereocenters. The Bertz CT molecular complexity index is 327. The van der Waals surface area contributed by atoms with E-state index in [9.17, 15) is 5.11 Å². The Kier molecular flexibility index (Phi) is 1.15. The Balaban J connectivity index is 2.55. The summed E-state index contributed by atoms with van der Waals surface area (Å²) in [4.78, 5) is 0. The van der Waals surface area contributed by atoms with Gasteiger partial charge in [0.2, 0.25) is 0 Å². The lowest BCUT2D eigenvalue weighted by atomic mass is 9.97. The molecule has 2 heteroatoms. The van der Waals surface area contributed by atoms with Crippen LogP contribution in [0.15, 0.2) is 12.1 Å². The van der Waals surface area contributed by atoms with Gasteiger partial charge in [0, 0.05) is 11.6 Å². The zero-order chi connectivity index (χ0) is 7.84. The maximum Gasteiger partial charge on any atom is 0.127 e. The lowest BCUT2D eigenvalue weighted by Gasteiger charge is -2.13. The average Bonchev–Trinajstić information content (AvgIpc) is 1.93. The van der Waals surface area contributed by atoms with Crippen LogP contribution in [0, 0.1) is 0 Å². The summed E-state index contributed by atoms with van der Waals surface area (Å²) in [5.74, 6) is 0.993. The molecule has 11 heavy (non-hydrogen) atoms. The van der Waals surface area contributed by atoms with Crippen LogP contribution in [0.2, 0.25) is 0 Å². The van der Waals surface area contributed by atoms with E-state index in [4.69, 9.17) is 4.74 Å². The molecule has 0 bridgehead atoms. The molecule has 2 nitrogen and oxygen atoms in total. The van der Waals surface area contributed by atoms with E-state index in [1.165, 1.54) is 0 Å². The van der Waals surface area contributed by atoms with Gasteiger partial charge in [-0.05, 0) is 11.6 Å². The number of phenolic OH excluding ortho intramolecular Hbond substituents is 1. The third-order valence-electron chi connectivity index (χ3n) is 1.83. The summed E-state index contributed by atoms with van der Waals surface area (Å²) in [6.45, 7) is 0. The van der Waals surface area contributed by atoms with Gasteiger partial charge >= 0.3 is 0 Å². The zero-order valence-electron chi connectivity index (χ0n) is 6.16. The number of fused-ring (bicyclic) bond motifs is 1. The third-order valence-corrected chi connectivity index (χ3v) is 1.83. The summed E-state index contributed by atoms with van der Waals surface area (Å²) in [5, 5.41) is 9.33. The Morgan fingerprint density at radius 1 is 1.27 bits per heavy atom. The molecule has 2 rings (SSSR count). The van der Waals surface area contributed by atoms with E-state index < -0.39 is 0 Å². The number of hydrogen-bond donors (Lipinski definition) is 1. The standard InChI is InChI=1S/C9H8O2/c1-11-7-4-6-2-3-8(6)9(10)5-7/h2-5,10H,1H3. The highest BCUT2D eigenvalue weighted by atomic mass is 16.5. The van der Waals surface area contributed by atoms with E-state index in [1.54, 1.807) is 13.2 Å². The van der Waals surface area contributed by atoms with E-state index in [-0.39, 0.29) is 0 Å². The van der Waals surface area contributed by atoms with Crippen molar-refractivity contribution in [1.82, 2.24) is 0 Å². The van der Waals surface area contributed by atoms with Crippen LogP contribution in [-0.4, -0.2) is 12.2 Å². The van der Waals surface area contributed by atoms with E-state index in [2.05, 4.69) is 0 Å². The van der Waals surface area contributed by atoms with E-state index in [0.29, 0.717) is 11.5 Å². The summed E-state index contributed by atoms with van der Waals surface area (Å²) in [6.07, 6.45) is 3.82. The molecule has 0 amide bonds. The van der Waals surface area contributed by atoms with Gasteiger partial charge in [0.05, 0.1) is 7.11 Å². The fourth-order valence-electron chi connectivity index (χ4n) is 1.15. The lowest BCUT2D eigenvalue weighted by molar-refractivity contribution is 0.407. The van der Waals surface area contributed by atoms with Crippen LogP contribution >= 0.6 is 0 Å². The van der Waals surface area contributed by atoms with Crippen LogP contribution in [0.3, 0.4) is 0 Å². The smallest absolute Gasteiger partial charge is 0.127 e. The summed E-state index contributed by atoms with van der Waals surface area (Å²) < 4.78 is 4.97. The van der Waals surface area contributed by atoms with Crippen LogP contribution in [0.4, 0.5) is 0 Å². The summed E-state index contributed by atoms with van der Waals surface area (Å²) in [6, 6.07) is 3.51. The second-order valence-corrected chi connectivity index (χ2v) is 2.48. The molecule has 0 atom stereocenters. The first kappa shape index (κ1) is 6.28. The van der Waals surface area contributed by atoms with Gasteiger partial charge in [-0.3, -0.25) is 0 Å². The summed E-state index contributed by atoms with van der Waals surface area (Å²) in [7, 11) is 1.59. The van der Waals surface area contributed by atoms with E-state index in [1.807, 2.05) is 18.2 Å². The maximum atomic E-state index is 9.33. The predicted octanol–water partition coefficient (Wildman–Crippen LogP) is 1.88. The molecule has 0 spiro atoms. The third kappa shape index (κ3) is 0.792. The topological polar surface area (TPSA) is 29.5 Å². The molecule has 0 aromatic heterocycles. The molecule has 0 radical (unpaired) electrons. The molecule has 0 saturated heterocycles. The fourth-order valence-corrected chi connectivity index (χ4v) is 1.15. The molecular weight excluding hydrogens is 140 g/mol. The Morgan fingerprint density at radius 2 is 2.09 bits per heavy atom. The Hall–Kier alpha value is -1.44. The molecule has 1 aromatic rings. The minimum Gasteiger partial charge on any atom is -0.507 e. The highest BCUT2D eigenvalue weighted by Crippen LogP contribution is 2.35. The van der Waals surface area contributed by atoms with E-state index >= 15 is 0 Å². The quantitative estimate of drug-likeness (QED) is 0.669. The number of aromatic hydroxyl groups is 1. The second-order valence-electron chi connectivity index (χ2n) is 2.48. The normalized spacial score (nSPS) is 12.1. The molecule has 1 aromatic carbocycles. The van der Waals surface area contributed by atoms with Crippen molar-refractivity contribution in [2.24, 2.45) is 0 Å². The van der Waals surface area contributed by atoms with Crippen molar-refractivity contribution >= 4 is 12.2 Å². The highest BCUT2D eigenvalue weighted by molar-refractivity contribution is 5.89. The number of phenols is 1. The van der Waals surface area contributed by atoms with Gasteiger partial charge in [0.1, 0.15) is 11.5 Å². The maximum absolute atomic E-state index is 9.33. The van der Waals surface area contributed by atoms with Gasteiger partial charge < -0.3 is 9.84 Å². The van der Waals surface area contributed by atoms with Crippen molar-refractivity contribution in [1.29, 1.82) is 0 Å². The van der Waals surface area contributed by atoms with Gasteiger partial charge in [0.25, 0.3) is 0 Å². The highest BCUT2D eigenvalue weighted by Gasteiger charge is 2.11. The molecule has 0 saturated carbocycles. The van der Waals surface area contributed by atoms with Gasteiger partial charge in [-0.15, -0.1) is 0 Å². The van der Waals surface area contributed by atoms with Gasteiger partial charge in [-0.25, -0.2) is 0 Å². The van der Waals surface area contributed by atoms with Gasteiger partial charge in [-0.2, -0.15) is 0 Å². The molecule has 0 fully saturated rings. The van der Waals surface area contributed by atoms with Crippen molar-refractivity contribution in [3.8, 4) is 11.5 Å². The van der Waals surface area contributed by atoms with E-state index in [0.717, 1.165) is 11.1 Å². The number of hydrogen-bond acceptors (Lipinski definition) is 2. The summed E-state index contributed by atoms with van der Waals surface area (Å²) >= 11 is 0. The molecular formula is C9H8O2. The van der Waals surface area contributed by atoms with Crippen LogP contribution < -0.4 is 4.74 Å². The van der Waals surface area contributed by atoms with Crippen molar-refractivity contribution in [3.05, 3.63) is 23.3 Å². The fraction of sp³-hybridized carbons (Fsp3) is 0.111. The zero-order valence-corrected chi connectivity index (χ0v) is 6.16. The number of methoxy groups -OCH3 is 1. The van der Waals surface area contributed by atoms with Crippen molar-refractivity contribution in [2.45, 2.75) is 0 Å². The lowest BCUT2D eigenvalue weighted by Crippen LogP contribution is -1.92. The molecule has 0 heterocycles. The first-order chi connectivity index (χ1) is 5.31. The van der Waals surface area contributed by atoms with Crippen molar-refractivity contribution in [2.75, 3.05) is 7.11 Å². The molecule has 1 aliphatic carbocycles. The largest absolute Gasteiger partial charge is 0.507 e. The van der Waals surface area contributed by atoms with Crippen LogP contribution in [0.1, 0.15) is 11.1 Å². The molecule has 0 aliphatic heterocycles. The number of rotatable bonds is 1. The molecule has 1 N–H and O–H groups in total. The molecule has 56 valence electrons. The Morgan fingerprint density at radius 3 is 2.55 bits per heavy atom. The van der Waals surface area contributed by atoms with Crippen LogP contribution in [0.25, 0.3) is 12.2 Å². The Labute approximate surface area is 64.7 Å². The summed E-state index contributed by atoms with van der Waals surface area (Å²) in [5.41, 5.74) is 1.95. The SMILES string of the molecule is COc1cc(O)c2c(c1)C=C2. The van der Waals surface area contributed by atoms with Crippen molar-refractivity contribution in [3.63, 3.8) is 0 Å². The van der Waals surface area contributed by atoms with Crippen LogP contribution in [-0.2, 0) is 0 Å². The first-order valence-electron chi connectivity index (χ1n) is 3.40.